The third kappa shape index (κ3) is 4.62. The maximum atomic E-state index is 10.4. The highest BCUT2D eigenvalue weighted by Gasteiger charge is 2.07. The number of aliphatic imine (C=N–C) groups is 2. The lowest BCUT2D eigenvalue weighted by Crippen LogP contribution is -1.82. The molecule has 4 nitrogen and oxygen atoms in total. The summed E-state index contributed by atoms with van der Waals surface area (Å²) in [6.45, 7) is 0. The fourth-order valence-electron chi connectivity index (χ4n) is 2.98. The molecule has 0 heterocycles. The van der Waals surface area contributed by atoms with Gasteiger partial charge in [-0.15, -0.1) is 0 Å². The molecular formula is C26H20N2O2. The monoisotopic (exact) mass is 392 g/mol. The normalized spacial score (nSPS) is 11.3. The van der Waals surface area contributed by atoms with E-state index >= 15 is 0 Å². The van der Waals surface area contributed by atoms with Gasteiger partial charge in [0, 0.05) is 12.4 Å². The molecule has 0 aliphatic rings. The van der Waals surface area contributed by atoms with Crippen molar-refractivity contribution < 1.29 is 10.2 Å². The summed E-state index contributed by atoms with van der Waals surface area (Å²) in [5.41, 5.74) is 4.50. The molecule has 0 saturated heterocycles. The number of phenols is 2. The van der Waals surface area contributed by atoms with Crippen LogP contribution in [0.15, 0.2) is 107 Å². The van der Waals surface area contributed by atoms with Gasteiger partial charge in [0.1, 0.15) is 22.9 Å². The van der Waals surface area contributed by atoms with Gasteiger partial charge in [-0.25, -0.2) is 0 Å². The van der Waals surface area contributed by atoms with E-state index in [0.717, 1.165) is 22.3 Å². The number of benzene rings is 4. The van der Waals surface area contributed by atoms with Gasteiger partial charge in [-0.1, -0.05) is 72.8 Å². The largest absolute Gasteiger partial charge is 0.506 e. The summed E-state index contributed by atoms with van der Waals surface area (Å²) >= 11 is 0. The Bertz CT molecular complexity index is 1200. The molecule has 0 spiro atoms. The molecule has 0 unspecified atom stereocenters. The lowest BCUT2D eigenvalue weighted by molar-refractivity contribution is 0.477. The summed E-state index contributed by atoms with van der Waals surface area (Å²) in [6, 6.07) is 29.9. The number of hydrogen-bond donors (Lipinski definition) is 2. The number of aromatic hydroxyl groups is 2. The Labute approximate surface area is 175 Å². The molecule has 146 valence electrons. The van der Waals surface area contributed by atoms with Crippen LogP contribution in [-0.4, -0.2) is 22.6 Å². The van der Waals surface area contributed by atoms with E-state index in [2.05, 4.69) is 9.98 Å². The minimum atomic E-state index is 0.0853. The first-order chi connectivity index (χ1) is 14.7. The van der Waals surface area contributed by atoms with Crippen LogP contribution in [0.2, 0.25) is 0 Å². The molecule has 0 amide bonds. The van der Waals surface area contributed by atoms with Crippen molar-refractivity contribution in [3.05, 3.63) is 108 Å². The summed E-state index contributed by atoms with van der Waals surface area (Å²) < 4.78 is 0. The van der Waals surface area contributed by atoms with Crippen LogP contribution >= 0.6 is 0 Å². The van der Waals surface area contributed by atoms with Crippen molar-refractivity contribution >= 4 is 23.8 Å². The van der Waals surface area contributed by atoms with Crippen LogP contribution in [0.3, 0.4) is 0 Å². The SMILES string of the molecule is Oc1cc(-c2ccc(O)c(N=Cc3ccccc3)c2)ccc1N=Cc1ccccc1. The molecule has 0 radical (unpaired) electrons. The molecule has 0 aliphatic heterocycles. The molecule has 2 N–H and O–H groups in total. The second kappa shape index (κ2) is 8.88. The molecule has 4 heteroatoms. The molecule has 0 aromatic heterocycles. The number of phenolic OH excluding ortho intramolecular Hbond substituents is 2. The van der Waals surface area contributed by atoms with E-state index in [1.807, 2.05) is 66.7 Å². The lowest BCUT2D eigenvalue weighted by atomic mass is 10.0. The first-order valence-electron chi connectivity index (χ1n) is 9.54. The van der Waals surface area contributed by atoms with Crippen molar-refractivity contribution in [1.82, 2.24) is 0 Å². The molecule has 30 heavy (non-hydrogen) atoms. The predicted octanol–water partition coefficient (Wildman–Crippen LogP) is 6.27. The molecule has 0 bridgehead atoms. The average molecular weight is 392 g/mol. The predicted molar refractivity (Wildman–Crippen MR) is 123 cm³/mol. The highest BCUT2D eigenvalue weighted by Crippen LogP contribution is 2.36. The third-order valence-corrected chi connectivity index (χ3v) is 4.59. The number of hydrogen-bond acceptors (Lipinski definition) is 4. The van der Waals surface area contributed by atoms with Crippen molar-refractivity contribution in [2.24, 2.45) is 9.98 Å². The van der Waals surface area contributed by atoms with Crippen molar-refractivity contribution in [1.29, 1.82) is 0 Å². The zero-order chi connectivity index (χ0) is 20.8. The van der Waals surface area contributed by atoms with Crippen LogP contribution in [0.1, 0.15) is 11.1 Å². The van der Waals surface area contributed by atoms with E-state index in [9.17, 15) is 10.2 Å². The third-order valence-electron chi connectivity index (χ3n) is 4.59. The fourth-order valence-corrected chi connectivity index (χ4v) is 2.98. The molecule has 0 saturated carbocycles. The Kier molecular flexibility index (Phi) is 5.67. The molecular weight excluding hydrogens is 372 g/mol. The molecule has 4 aromatic rings. The molecule has 4 rings (SSSR count). The minimum Gasteiger partial charge on any atom is -0.506 e. The van der Waals surface area contributed by atoms with Gasteiger partial charge in [-0.3, -0.25) is 9.98 Å². The summed E-state index contributed by atoms with van der Waals surface area (Å²) in [5, 5.41) is 20.6. The Hall–Kier alpha value is -4.18. The average Bonchev–Trinajstić information content (AvgIpc) is 2.79. The molecule has 0 atom stereocenters. The van der Waals surface area contributed by atoms with Crippen LogP contribution < -0.4 is 0 Å². The first-order valence-corrected chi connectivity index (χ1v) is 9.54. The summed E-state index contributed by atoms with van der Waals surface area (Å²) in [7, 11) is 0. The van der Waals surface area contributed by atoms with Gasteiger partial charge in [0.2, 0.25) is 0 Å². The Morgan fingerprint density at radius 1 is 0.500 bits per heavy atom. The van der Waals surface area contributed by atoms with Crippen molar-refractivity contribution in [3.8, 4) is 22.6 Å². The maximum absolute atomic E-state index is 10.4. The Morgan fingerprint density at radius 3 is 1.63 bits per heavy atom. The van der Waals surface area contributed by atoms with E-state index in [4.69, 9.17) is 0 Å². The van der Waals surface area contributed by atoms with Crippen LogP contribution in [0, 0.1) is 0 Å². The van der Waals surface area contributed by atoms with E-state index < -0.39 is 0 Å². The van der Waals surface area contributed by atoms with Gasteiger partial charge in [-0.05, 0) is 46.5 Å². The zero-order valence-corrected chi connectivity index (χ0v) is 16.2. The van der Waals surface area contributed by atoms with E-state index in [0.29, 0.717) is 11.4 Å². The number of rotatable bonds is 5. The van der Waals surface area contributed by atoms with Crippen LogP contribution in [0.5, 0.6) is 11.5 Å². The molecule has 4 aromatic carbocycles. The van der Waals surface area contributed by atoms with Crippen LogP contribution in [0.25, 0.3) is 11.1 Å². The van der Waals surface area contributed by atoms with Gasteiger partial charge < -0.3 is 10.2 Å². The minimum absolute atomic E-state index is 0.0853. The van der Waals surface area contributed by atoms with Crippen molar-refractivity contribution in [2.75, 3.05) is 0 Å². The quantitative estimate of drug-likeness (QED) is 0.393. The van der Waals surface area contributed by atoms with Gasteiger partial charge in [-0.2, -0.15) is 0 Å². The van der Waals surface area contributed by atoms with Crippen LogP contribution in [0.4, 0.5) is 11.4 Å². The fraction of sp³-hybridized carbons (Fsp3) is 0. The second-order valence-corrected chi connectivity index (χ2v) is 6.74. The highest BCUT2D eigenvalue weighted by molar-refractivity contribution is 5.85. The topological polar surface area (TPSA) is 65.2 Å². The van der Waals surface area contributed by atoms with Crippen LogP contribution in [-0.2, 0) is 0 Å². The highest BCUT2D eigenvalue weighted by atomic mass is 16.3. The van der Waals surface area contributed by atoms with Crippen molar-refractivity contribution in [3.63, 3.8) is 0 Å². The van der Waals surface area contributed by atoms with Gasteiger partial charge in [0.15, 0.2) is 0 Å². The summed E-state index contributed by atoms with van der Waals surface area (Å²) in [6.07, 6.45) is 3.42. The van der Waals surface area contributed by atoms with Gasteiger partial charge >= 0.3 is 0 Å². The Balaban J connectivity index is 1.59. The summed E-state index contributed by atoms with van der Waals surface area (Å²) in [5.74, 6) is 0.182. The Morgan fingerprint density at radius 2 is 1.03 bits per heavy atom. The smallest absolute Gasteiger partial charge is 0.141 e. The van der Waals surface area contributed by atoms with E-state index in [-0.39, 0.29) is 11.5 Å². The molecule has 0 aliphatic carbocycles. The van der Waals surface area contributed by atoms with Gasteiger partial charge in [0.25, 0.3) is 0 Å². The maximum Gasteiger partial charge on any atom is 0.141 e. The lowest BCUT2D eigenvalue weighted by Gasteiger charge is -2.07. The van der Waals surface area contributed by atoms with Crippen molar-refractivity contribution in [2.45, 2.75) is 0 Å². The van der Waals surface area contributed by atoms with E-state index in [1.54, 1.807) is 42.8 Å². The summed E-state index contributed by atoms with van der Waals surface area (Å²) in [4.78, 5) is 8.77. The number of nitrogens with zero attached hydrogens (tertiary/aromatic N) is 2. The second-order valence-electron chi connectivity index (χ2n) is 6.74. The molecule has 0 fully saturated rings. The zero-order valence-electron chi connectivity index (χ0n) is 16.2. The van der Waals surface area contributed by atoms with E-state index in [1.165, 1.54) is 0 Å². The first kappa shape index (κ1) is 19.2. The standard InChI is InChI=1S/C26H20N2O2/c29-25-14-12-21(15-24(25)28-18-20-9-5-2-6-10-20)22-11-13-23(26(30)16-22)27-17-19-7-3-1-4-8-19/h1-18,29-30H. The van der Waals surface area contributed by atoms with Gasteiger partial charge in [0.05, 0.1) is 0 Å².